The minimum atomic E-state index is 0.811. The Hall–Kier alpha value is -0.800. The van der Waals surface area contributed by atoms with E-state index in [1.165, 1.54) is 34.0 Å². The highest BCUT2D eigenvalue weighted by Gasteiger charge is 2.19. The second-order valence-electron chi connectivity index (χ2n) is 5.90. The molecule has 1 aliphatic carbocycles. The molecule has 0 amide bonds. The van der Waals surface area contributed by atoms with E-state index in [9.17, 15) is 0 Å². The average Bonchev–Trinajstić information content (AvgIpc) is 3.11. The van der Waals surface area contributed by atoms with E-state index >= 15 is 0 Å². The molecule has 0 aromatic heterocycles. The Bertz CT molecular complexity index is 520. The van der Waals surface area contributed by atoms with E-state index in [4.69, 9.17) is 4.74 Å². The van der Waals surface area contributed by atoms with Gasteiger partial charge in [-0.15, -0.1) is 0 Å². The van der Waals surface area contributed by atoms with E-state index in [1.54, 1.807) is 0 Å². The minimum absolute atomic E-state index is 0.811. The molecule has 0 bridgehead atoms. The van der Waals surface area contributed by atoms with E-state index < -0.39 is 0 Å². The lowest BCUT2D eigenvalue weighted by molar-refractivity contribution is 0.354. The topological polar surface area (TPSA) is 21.3 Å². The van der Waals surface area contributed by atoms with Gasteiger partial charge in [-0.2, -0.15) is 0 Å². The first-order valence-corrected chi connectivity index (χ1v) is 8.35. The van der Waals surface area contributed by atoms with Gasteiger partial charge in [0.25, 0.3) is 0 Å². The maximum Gasteiger partial charge on any atom is 0.126 e. The van der Waals surface area contributed by atoms with E-state index in [0.717, 1.165) is 44.2 Å². The molecular formula is C17H22BrNO. The van der Waals surface area contributed by atoms with Crippen LogP contribution >= 0.6 is 15.9 Å². The van der Waals surface area contributed by atoms with E-state index in [0.29, 0.717) is 0 Å². The van der Waals surface area contributed by atoms with Crippen LogP contribution in [0.25, 0.3) is 0 Å². The predicted molar refractivity (Wildman–Crippen MR) is 86.4 cm³/mol. The molecule has 2 aliphatic rings. The van der Waals surface area contributed by atoms with Gasteiger partial charge in [-0.05, 0) is 62.4 Å². The maximum atomic E-state index is 5.79. The van der Waals surface area contributed by atoms with Crippen molar-refractivity contribution in [2.45, 2.75) is 45.1 Å². The largest absolute Gasteiger partial charge is 0.493 e. The third kappa shape index (κ3) is 3.64. The minimum Gasteiger partial charge on any atom is -0.493 e. The van der Waals surface area contributed by atoms with Crippen LogP contribution in [-0.2, 0) is 12.8 Å². The van der Waals surface area contributed by atoms with Crippen molar-refractivity contribution in [2.24, 2.45) is 0 Å². The zero-order chi connectivity index (χ0) is 13.9. The van der Waals surface area contributed by atoms with Crippen molar-refractivity contribution in [2.75, 3.05) is 13.2 Å². The highest BCUT2D eigenvalue weighted by Crippen LogP contribution is 2.34. The van der Waals surface area contributed by atoms with Crippen LogP contribution in [0.3, 0.4) is 0 Å². The zero-order valence-corrected chi connectivity index (χ0v) is 13.6. The predicted octanol–water partition coefficient (Wildman–Crippen LogP) is 4.01. The third-order valence-electron chi connectivity index (χ3n) is 3.94. The van der Waals surface area contributed by atoms with Gasteiger partial charge in [0.2, 0.25) is 0 Å². The van der Waals surface area contributed by atoms with Gasteiger partial charge in [-0.1, -0.05) is 27.6 Å². The van der Waals surface area contributed by atoms with E-state index in [-0.39, 0.29) is 0 Å². The molecule has 2 nitrogen and oxygen atoms in total. The van der Waals surface area contributed by atoms with Gasteiger partial charge in [0.15, 0.2) is 0 Å². The van der Waals surface area contributed by atoms with Gasteiger partial charge in [-0.25, -0.2) is 0 Å². The molecule has 0 saturated heterocycles. The molecule has 3 heteroatoms. The Morgan fingerprint density at radius 3 is 3.10 bits per heavy atom. The molecule has 1 aliphatic heterocycles. The van der Waals surface area contributed by atoms with Crippen molar-refractivity contribution < 1.29 is 4.74 Å². The maximum absolute atomic E-state index is 5.79. The number of benzene rings is 1. The molecule has 0 spiro atoms. The number of fused-ring (bicyclic) bond motifs is 1. The number of hydrogen-bond acceptors (Lipinski definition) is 2. The van der Waals surface area contributed by atoms with Crippen LogP contribution in [0.1, 0.15) is 37.3 Å². The van der Waals surface area contributed by atoms with E-state index in [1.807, 2.05) is 0 Å². The van der Waals surface area contributed by atoms with Crippen LogP contribution in [0.4, 0.5) is 0 Å². The van der Waals surface area contributed by atoms with Crippen LogP contribution in [0.5, 0.6) is 5.75 Å². The molecule has 0 atom stereocenters. The molecule has 20 heavy (non-hydrogen) atoms. The molecular weight excluding hydrogens is 314 g/mol. The zero-order valence-electron chi connectivity index (χ0n) is 12.0. The highest BCUT2D eigenvalue weighted by atomic mass is 79.9. The fourth-order valence-electron chi connectivity index (χ4n) is 2.74. The Morgan fingerprint density at radius 2 is 2.30 bits per heavy atom. The fraction of sp³-hybridized carbons (Fsp3) is 0.529. The molecule has 1 N–H and O–H groups in total. The molecule has 108 valence electrons. The quantitative estimate of drug-likeness (QED) is 0.626. The lowest BCUT2D eigenvalue weighted by atomic mass is 10.0. The van der Waals surface area contributed by atoms with Crippen molar-refractivity contribution in [3.8, 4) is 5.75 Å². The second-order valence-corrected chi connectivity index (χ2v) is 6.81. The second kappa shape index (κ2) is 6.31. The molecule has 3 rings (SSSR count). The normalized spacial score (nSPS) is 18.0. The Labute approximate surface area is 129 Å². The molecule has 1 heterocycles. The van der Waals surface area contributed by atoms with Gasteiger partial charge in [0, 0.05) is 16.9 Å². The summed E-state index contributed by atoms with van der Waals surface area (Å²) in [5, 5.41) is 3.55. The number of ether oxygens (including phenoxy) is 1. The summed E-state index contributed by atoms with van der Waals surface area (Å²) in [6, 6.07) is 5.19. The molecule has 0 radical (unpaired) electrons. The standard InChI is InChI=1S/C17H22BrNO/c1-12(3-2-7-19-16-4-5-16)9-14-11-15(18)10-13-6-8-20-17(13)14/h3,10-11,16,19H,2,4-9H2,1H3/b12-3-. The average molecular weight is 336 g/mol. The summed E-state index contributed by atoms with van der Waals surface area (Å²) in [5.41, 5.74) is 4.09. The van der Waals surface area contributed by atoms with Gasteiger partial charge < -0.3 is 10.1 Å². The van der Waals surface area contributed by atoms with Crippen molar-refractivity contribution >= 4 is 15.9 Å². The number of nitrogens with one attached hydrogen (secondary N) is 1. The van der Waals surface area contributed by atoms with Crippen LogP contribution in [0, 0.1) is 0 Å². The first kappa shape index (κ1) is 14.2. The van der Waals surface area contributed by atoms with Gasteiger partial charge in [0.05, 0.1) is 6.61 Å². The van der Waals surface area contributed by atoms with Crippen molar-refractivity contribution in [3.63, 3.8) is 0 Å². The van der Waals surface area contributed by atoms with Crippen LogP contribution in [0.2, 0.25) is 0 Å². The summed E-state index contributed by atoms with van der Waals surface area (Å²) in [6.45, 7) is 4.15. The monoisotopic (exact) mass is 335 g/mol. The SMILES string of the molecule is C/C(=C/CCNC1CC1)Cc1cc(Br)cc2c1OCC2. The number of rotatable bonds is 6. The molecule has 1 saturated carbocycles. The van der Waals surface area contributed by atoms with Crippen LogP contribution < -0.4 is 10.1 Å². The Balaban J connectivity index is 1.60. The summed E-state index contributed by atoms with van der Waals surface area (Å²) in [6.07, 6.45) is 8.24. The Kier molecular flexibility index (Phi) is 4.47. The number of hydrogen-bond donors (Lipinski definition) is 1. The first-order valence-electron chi connectivity index (χ1n) is 7.55. The van der Waals surface area contributed by atoms with Crippen molar-refractivity contribution in [1.82, 2.24) is 5.32 Å². The van der Waals surface area contributed by atoms with Gasteiger partial charge in [0.1, 0.15) is 5.75 Å². The Morgan fingerprint density at radius 1 is 1.45 bits per heavy atom. The fourth-order valence-corrected chi connectivity index (χ4v) is 3.30. The van der Waals surface area contributed by atoms with Gasteiger partial charge >= 0.3 is 0 Å². The van der Waals surface area contributed by atoms with Crippen molar-refractivity contribution in [3.05, 3.63) is 39.4 Å². The summed E-state index contributed by atoms with van der Waals surface area (Å²) >= 11 is 3.61. The first-order chi connectivity index (χ1) is 9.72. The van der Waals surface area contributed by atoms with Crippen LogP contribution in [0.15, 0.2) is 28.3 Å². The summed E-state index contributed by atoms with van der Waals surface area (Å²) in [4.78, 5) is 0. The van der Waals surface area contributed by atoms with Crippen molar-refractivity contribution in [1.29, 1.82) is 0 Å². The third-order valence-corrected chi connectivity index (χ3v) is 4.40. The van der Waals surface area contributed by atoms with Crippen LogP contribution in [-0.4, -0.2) is 19.2 Å². The summed E-state index contributed by atoms with van der Waals surface area (Å²) in [7, 11) is 0. The van der Waals surface area contributed by atoms with E-state index in [2.05, 4.69) is 46.4 Å². The molecule has 1 aromatic rings. The summed E-state index contributed by atoms with van der Waals surface area (Å²) < 4.78 is 6.96. The highest BCUT2D eigenvalue weighted by molar-refractivity contribution is 9.10. The molecule has 1 aromatic carbocycles. The smallest absolute Gasteiger partial charge is 0.126 e. The number of halogens is 1. The number of allylic oxidation sites excluding steroid dienone is 1. The lowest BCUT2D eigenvalue weighted by Crippen LogP contribution is -2.16. The summed E-state index contributed by atoms with van der Waals surface area (Å²) in [5.74, 6) is 1.12. The lowest BCUT2D eigenvalue weighted by Gasteiger charge is -2.09. The molecule has 1 fully saturated rings. The van der Waals surface area contributed by atoms with Gasteiger partial charge in [-0.3, -0.25) is 0 Å². The molecule has 0 unspecified atom stereocenters.